The molecule has 0 amide bonds. The van der Waals surface area contributed by atoms with Crippen molar-refractivity contribution in [3.05, 3.63) is 65.4 Å². The van der Waals surface area contributed by atoms with Crippen molar-refractivity contribution in [1.82, 2.24) is 19.6 Å². The van der Waals surface area contributed by atoms with Gasteiger partial charge in [-0.1, -0.05) is 35.9 Å². The second-order valence-electron chi connectivity index (χ2n) is 5.28. The third-order valence-electron chi connectivity index (χ3n) is 3.76. The maximum atomic E-state index is 5.91. The van der Waals surface area contributed by atoms with E-state index in [0.717, 1.165) is 40.5 Å². The number of anilines is 1. The first kappa shape index (κ1) is 14.0. The van der Waals surface area contributed by atoms with Gasteiger partial charge in [-0.05, 0) is 36.2 Å². The third-order valence-corrected chi connectivity index (χ3v) is 4.01. The Morgan fingerprint density at radius 2 is 1.87 bits per heavy atom. The molecule has 6 heteroatoms. The van der Waals surface area contributed by atoms with Crippen molar-refractivity contribution in [2.75, 3.05) is 11.9 Å². The monoisotopic (exact) mass is 323 g/mol. The lowest BCUT2D eigenvalue weighted by Crippen LogP contribution is -2.10. The summed E-state index contributed by atoms with van der Waals surface area (Å²) in [5, 5.41) is 13.3. The molecule has 2 heterocycles. The van der Waals surface area contributed by atoms with E-state index in [1.54, 1.807) is 6.33 Å². The average molecular weight is 324 g/mol. The fourth-order valence-corrected chi connectivity index (χ4v) is 2.72. The van der Waals surface area contributed by atoms with E-state index in [1.807, 2.05) is 52.9 Å². The maximum absolute atomic E-state index is 5.91. The van der Waals surface area contributed by atoms with Gasteiger partial charge >= 0.3 is 0 Å². The smallest absolute Gasteiger partial charge is 0.210 e. The van der Waals surface area contributed by atoms with Crippen LogP contribution < -0.4 is 5.32 Å². The first-order chi connectivity index (χ1) is 11.3. The van der Waals surface area contributed by atoms with Crippen molar-refractivity contribution in [2.45, 2.75) is 6.42 Å². The van der Waals surface area contributed by atoms with Crippen molar-refractivity contribution in [2.24, 2.45) is 0 Å². The molecule has 0 aliphatic rings. The fourth-order valence-electron chi connectivity index (χ4n) is 2.60. The topological polar surface area (TPSA) is 55.1 Å². The molecular formula is C17H14ClN5. The molecule has 0 saturated heterocycles. The van der Waals surface area contributed by atoms with Crippen molar-refractivity contribution in [3.8, 4) is 0 Å². The molecule has 0 fully saturated rings. The van der Waals surface area contributed by atoms with Crippen molar-refractivity contribution >= 4 is 34.1 Å². The first-order valence-electron chi connectivity index (χ1n) is 7.38. The standard InChI is InChI=1S/C17H14ClN5/c18-13-7-5-12(6-8-13)9-10-19-17-21-15-4-2-1-3-14(15)16-22-20-11-23(16)17/h1-8,11H,9-10H2,(H,19,21). The lowest BCUT2D eigenvalue weighted by Gasteiger charge is -2.09. The van der Waals surface area contributed by atoms with Crippen molar-refractivity contribution in [3.63, 3.8) is 0 Å². The number of hydrogen-bond donors (Lipinski definition) is 1. The van der Waals surface area contributed by atoms with Crippen LogP contribution in [-0.4, -0.2) is 26.1 Å². The van der Waals surface area contributed by atoms with Gasteiger partial charge in [0.2, 0.25) is 5.95 Å². The van der Waals surface area contributed by atoms with Crippen LogP contribution in [-0.2, 0) is 6.42 Å². The zero-order valence-electron chi connectivity index (χ0n) is 12.3. The van der Waals surface area contributed by atoms with Gasteiger partial charge in [0.15, 0.2) is 5.65 Å². The number of rotatable bonds is 4. The summed E-state index contributed by atoms with van der Waals surface area (Å²) in [6, 6.07) is 15.8. The highest BCUT2D eigenvalue weighted by atomic mass is 35.5. The number of aromatic nitrogens is 4. The van der Waals surface area contributed by atoms with Crippen LogP contribution in [0.4, 0.5) is 5.95 Å². The van der Waals surface area contributed by atoms with E-state index < -0.39 is 0 Å². The molecular weight excluding hydrogens is 310 g/mol. The normalized spacial score (nSPS) is 11.2. The minimum Gasteiger partial charge on any atom is -0.355 e. The Balaban J connectivity index is 1.60. The summed E-state index contributed by atoms with van der Waals surface area (Å²) in [5.41, 5.74) is 2.94. The minimum atomic E-state index is 0.748. The molecule has 1 N–H and O–H groups in total. The zero-order valence-corrected chi connectivity index (χ0v) is 13.0. The minimum absolute atomic E-state index is 0.748. The highest BCUT2D eigenvalue weighted by Crippen LogP contribution is 2.20. The molecule has 0 saturated carbocycles. The Morgan fingerprint density at radius 1 is 1.04 bits per heavy atom. The number of nitrogens with zero attached hydrogens (tertiary/aromatic N) is 4. The summed E-state index contributed by atoms with van der Waals surface area (Å²) in [6.45, 7) is 0.764. The summed E-state index contributed by atoms with van der Waals surface area (Å²) < 4.78 is 1.88. The number of nitrogens with one attached hydrogen (secondary N) is 1. The van der Waals surface area contributed by atoms with Crippen LogP contribution >= 0.6 is 11.6 Å². The lowest BCUT2D eigenvalue weighted by molar-refractivity contribution is 0.971. The summed E-state index contributed by atoms with van der Waals surface area (Å²) >= 11 is 5.91. The quantitative estimate of drug-likeness (QED) is 0.623. The Labute approximate surface area is 137 Å². The summed E-state index contributed by atoms with van der Waals surface area (Å²) in [7, 11) is 0. The van der Waals surface area contributed by atoms with Crippen LogP contribution in [0.15, 0.2) is 54.9 Å². The predicted octanol–water partition coefficient (Wildman–Crippen LogP) is 3.59. The van der Waals surface area contributed by atoms with Crippen LogP contribution in [0.3, 0.4) is 0 Å². The van der Waals surface area contributed by atoms with Gasteiger partial charge in [0.25, 0.3) is 0 Å². The molecule has 23 heavy (non-hydrogen) atoms. The third kappa shape index (κ3) is 2.71. The summed E-state index contributed by atoms with van der Waals surface area (Å²) in [4.78, 5) is 4.67. The van der Waals surface area contributed by atoms with Gasteiger partial charge in [-0.2, -0.15) is 0 Å². The van der Waals surface area contributed by atoms with E-state index in [1.165, 1.54) is 5.56 Å². The number of fused-ring (bicyclic) bond motifs is 3. The summed E-state index contributed by atoms with van der Waals surface area (Å²) in [5.74, 6) is 0.748. The lowest BCUT2D eigenvalue weighted by atomic mass is 10.1. The van der Waals surface area contributed by atoms with E-state index >= 15 is 0 Å². The molecule has 0 radical (unpaired) electrons. The van der Waals surface area contributed by atoms with E-state index in [0.29, 0.717) is 0 Å². The zero-order chi connectivity index (χ0) is 15.6. The fraction of sp³-hybridized carbons (Fsp3) is 0.118. The number of halogens is 1. The molecule has 0 spiro atoms. The Hall–Kier alpha value is -2.66. The Kier molecular flexibility index (Phi) is 3.55. The predicted molar refractivity (Wildman–Crippen MR) is 91.9 cm³/mol. The van der Waals surface area contributed by atoms with Gasteiger partial charge < -0.3 is 5.32 Å². The highest BCUT2D eigenvalue weighted by molar-refractivity contribution is 6.30. The Morgan fingerprint density at radius 3 is 2.74 bits per heavy atom. The number of hydrogen-bond acceptors (Lipinski definition) is 4. The molecule has 0 unspecified atom stereocenters. The second kappa shape index (κ2) is 5.85. The maximum Gasteiger partial charge on any atom is 0.210 e. The molecule has 2 aromatic carbocycles. The van der Waals surface area contributed by atoms with Gasteiger partial charge in [0, 0.05) is 17.0 Å². The van der Waals surface area contributed by atoms with Crippen molar-refractivity contribution in [1.29, 1.82) is 0 Å². The van der Waals surface area contributed by atoms with Gasteiger partial charge in [-0.15, -0.1) is 10.2 Å². The largest absolute Gasteiger partial charge is 0.355 e. The molecule has 0 aliphatic heterocycles. The number of benzene rings is 2. The van der Waals surface area contributed by atoms with E-state index in [4.69, 9.17) is 11.6 Å². The van der Waals surface area contributed by atoms with Gasteiger partial charge in [-0.3, -0.25) is 4.40 Å². The molecule has 5 nitrogen and oxygen atoms in total. The summed E-state index contributed by atoms with van der Waals surface area (Å²) in [6.07, 6.45) is 2.56. The van der Waals surface area contributed by atoms with Crippen LogP contribution in [0, 0.1) is 0 Å². The molecule has 0 atom stereocenters. The first-order valence-corrected chi connectivity index (χ1v) is 7.76. The van der Waals surface area contributed by atoms with Crippen LogP contribution in [0.5, 0.6) is 0 Å². The molecule has 114 valence electrons. The molecule has 0 aliphatic carbocycles. The van der Waals surface area contributed by atoms with E-state index in [9.17, 15) is 0 Å². The van der Waals surface area contributed by atoms with Gasteiger partial charge in [0.1, 0.15) is 6.33 Å². The number of para-hydroxylation sites is 1. The highest BCUT2D eigenvalue weighted by Gasteiger charge is 2.08. The van der Waals surface area contributed by atoms with Crippen LogP contribution in [0.1, 0.15) is 5.56 Å². The van der Waals surface area contributed by atoms with Crippen LogP contribution in [0.2, 0.25) is 5.02 Å². The Bertz CT molecular complexity index is 962. The molecule has 4 rings (SSSR count). The molecule has 2 aromatic heterocycles. The average Bonchev–Trinajstić information content (AvgIpc) is 3.07. The van der Waals surface area contributed by atoms with E-state index in [-0.39, 0.29) is 0 Å². The molecule has 0 bridgehead atoms. The second-order valence-corrected chi connectivity index (χ2v) is 5.72. The van der Waals surface area contributed by atoms with Crippen LogP contribution in [0.25, 0.3) is 16.6 Å². The van der Waals surface area contributed by atoms with Gasteiger partial charge in [0.05, 0.1) is 5.52 Å². The molecule has 4 aromatic rings. The van der Waals surface area contributed by atoms with Gasteiger partial charge in [-0.25, -0.2) is 4.98 Å². The van der Waals surface area contributed by atoms with Crippen molar-refractivity contribution < 1.29 is 0 Å². The van der Waals surface area contributed by atoms with E-state index in [2.05, 4.69) is 20.5 Å². The SMILES string of the molecule is Clc1ccc(CCNc2nc3ccccc3c3nncn23)cc1.